The van der Waals surface area contributed by atoms with Crippen molar-refractivity contribution in [2.45, 2.75) is 52.1 Å². The second-order valence-electron chi connectivity index (χ2n) is 8.16. The monoisotopic (exact) mass is 369 g/mol. The Morgan fingerprint density at radius 2 is 1.74 bits per heavy atom. The molecule has 0 atom stereocenters. The van der Waals surface area contributed by atoms with Crippen LogP contribution in [0.2, 0.25) is 0 Å². The molecule has 3 rings (SSSR count). The molecule has 2 heterocycles. The number of likely N-dealkylation sites (tertiary alicyclic amines) is 1. The fourth-order valence-electron chi connectivity index (χ4n) is 3.31. The molecule has 2 aromatic rings. The fourth-order valence-corrected chi connectivity index (χ4v) is 3.31. The van der Waals surface area contributed by atoms with E-state index >= 15 is 0 Å². The van der Waals surface area contributed by atoms with Gasteiger partial charge in [0, 0.05) is 37.6 Å². The van der Waals surface area contributed by atoms with Crippen molar-refractivity contribution in [2.24, 2.45) is 0 Å². The number of piperidine rings is 1. The first-order valence-electron chi connectivity index (χ1n) is 9.40. The van der Waals surface area contributed by atoms with Crippen LogP contribution in [0.3, 0.4) is 0 Å². The molecule has 1 amide bonds. The number of ether oxygens (including phenoxy) is 1. The van der Waals surface area contributed by atoms with E-state index in [4.69, 9.17) is 9.15 Å². The van der Waals surface area contributed by atoms with Crippen LogP contribution < -0.4 is 10.4 Å². The number of hydrogen-bond donors (Lipinski definition) is 0. The van der Waals surface area contributed by atoms with Gasteiger partial charge in [-0.2, -0.15) is 0 Å². The molecule has 0 unspecified atom stereocenters. The van der Waals surface area contributed by atoms with Gasteiger partial charge in [-0.1, -0.05) is 32.9 Å². The quantitative estimate of drug-likeness (QED) is 0.822. The topological polar surface area (TPSA) is 59.8 Å². The lowest BCUT2D eigenvalue weighted by Crippen LogP contribution is -2.41. The van der Waals surface area contributed by atoms with E-state index in [2.05, 4.69) is 20.8 Å². The fraction of sp³-hybridized carbons (Fsp3) is 0.455. The summed E-state index contributed by atoms with van der Waals surface area (Å²) < 4.78 is 10.9. The van der Waals surface area contributed by atoms with E-state index in [0.717, 1.165) is 18.4 Å². The maximum Gasteiger partial charge on any atom is 0.339 e. The lowest BCUT2D eigenvalue weighted by atomic mass is 9.86. The number of benzene rings is 1. The van der Waals surface area contributed by atoms with Crippen molar-refractivity contribution in [3.05, 3.63) is 63.7 Å². The molecule has 0 bridgehead atoms. The van der Waals surface area contributed by atoms with Crippen molar-refractivity contribution < 1.29 is 13.9 Å². The number of carbonyl (C=O) groups excluding carboxylic acids is 1. The van der Waals surface area contributed by atoms with Gasteiger partial charge in [-0.3, -0.25) is 4.79 Å². The number of aryl methyl sites for hydroxylation is 1. The highest BCUT2D eigenvalue weighted by atomic mass is 16.5. The lowest BCUT2D eigenvalue weighted by Gasteiger charge is -2.32. The Labute approximate surface area is 159 Å². The predicted molar refractivity (Wildman–Crippen MR) is 104 cm³/mol. The molecule has 1 aromatic carbocycles. The predicted octanol–water partition coefficient (Wildman–Crippen LogP) is 3.93. The third-order valence-electron chi connectivity index (χ3n) is 4.90. The molecule has 5 heteroatoms. The maximum atomic E-state index is 12.7. The van der Waals surface area contributed by atoms with Gasteiger partial charge < -0.3 is 14.1 Å². The summed E-state index contributed by atoms with van der Waals surface area (Å²) in [6.45, 7) is 9.49. The van der Waals surface area contributed by atoms with E-state index in [1.807, 2.05) is 29.2 Å². The zero-order chi connectivity index (χ0) is 19.6. The Morgan fingerprint density at radius 3 is 2.30 bits per heavy atom. The van der Waals surface area contributed by atoms with Gasteiger partial charge in [0.2, 0.25) is 0 Å². The summed E-state index contributed by atoms with van der Waals surface area (Å²) in [4.78, 5) is 26.1. The van der Waals surface area contributed by atoms with Gasteiger partial charge in [-0.25, -0.2) is 4.79 Å². The average molecular weight is 369 g/mol. The van der Waals surface area contributed by atoms with Crippen molar-refractivity contribution in [2.75, 3.05) is 13.1 Å². The SMILES string of the molecule is Cc1cc(OC2CCN(C(=O)c3ccc(C(C)(C)C)cc3)CC2)cc(=O)o1. The number of hydrogen-bond acceptors (Lipinski definition) is 4. The van der Waals surface area contributed by atoms with Gasteiger partial charge in [-0.15, -0.1) is 0 Å². The van der Waals surface area contributed by atoms with Crippen molar-refractivity contribution in [3.63, 3.8) is 0 Å². The molecule has 27 heavy (non-hydrogen) atoms. The minimum absolute atomic E-state index is 0.00137. The first-order valence-corrected chi connectivity index (χ1v) is 9.40. The zero-order valence-electron chi connectivity index (χ0n) is 16.5. The first kappa shape index (κ1) is 19.2. The molecular weight excluding hydrogens is 342 g/mol. The summed E-state index contributed by atoms with van der Waals surface area (Å²) >= 11 is 0. The van der Waals surface area contributed by atoms with Gasteiger partial charge in [-0.05, 0) is 30.0 Å². The minimum Gasteiger partial charge on any atom is -0.490 e. The number of rotatable bonds is 3. The summed E-state index contributed by atoms with van der Waals surface area (Å²) in [5.41, 5.74) is 1.60. The molecule has 1 aliphatic rings. The molecule has 1 aliphatic heterocycles. The zero-order valence-corrected chi connectivity index (χ0v) is 16.5. The van der Waals surface area contributed by atoms with E-state index in [9.17, 15) is 9.59 Å². The van der Waals surface area contributed by atoms with Gasteiger partial charge >= 0.3 is 5.63 Å². The van der Waals surface area contributed by atoms with Crippen molar-refractivity contribution in [1.82, 2.24) is 4.90 Å². The van der Waals surface area contributed by atoms with Crippen LogP contribution >= 0.6 is 0 Å². The molecule has 0 aliphatic carbocycles. The Bertz CT molecular complexity index is 853. The third-order valence-corrected chi connectivity index (χ3v) is 4.90. The van der Waals surface area contributed by atoms with Crippen LogP contribution in [0.4, 0.5) is 0 Å². The molecule has 0 N–H and O–H groups in total. The molecule has 0 spiro atoms. The highest BCUT2D eigenvalue weighted by molar-refractivity contribution is 5.94. The largest absolute Gasteiger partial charge is 0.490 e. The summed E-state index contributed by atoms with van der Waals surface area (Å²) in [7, 11) is 0. The van der Waals surface area contributed by atoms with Gasteiger partial charge in [0.25, 0.3) is 5.91 Å². The molecule has 144 valence electrons. The number of amides is 1. The van der Waals surface area contributed by atoms with E-state index in [1.54, 1.807) is 13.0 Å². The van der Waals surface area contributed by atoms with Crippen LogP contribution in [-0.2, 0) is 5.41 Å². The van der Waals surface area contributed by atoms with Crippen molar-refractivity contribution in [1.29, 1.82) is 0 Å². The van der Waals surface area contributed by atoms with Crippen molar-refractivity contribution in [3.8, 4) is 5.75 Å². The molecule has 1 saturated heterocycles. The molecule has 5 nitrogen and oxygen atoms in total. The smallest absolute Gasteiger partial charge is 0.339 e. The third kappa shape index (κ3) is 4.79. The normalized spacial score (nSPS) is 15.6. The average Bonchev–Trinajstić information content (AvgIpc) is 2.60. The summed E-state index contributed by atoms with van der Waals surface area (Å²) in [6, 6.07) is 11.0. The van der Waals surface area contributed by atoms with Gasteiger partial charge in [0.1, 0.15) is 17.6 Å². The van der Waals surface area contributed by atoms with E-state index in [-0.39, 0.29) is 17.4 Å². The van der Waals surface area contributed by atoms with Crippen LogP contribution in [0, 0.1) is 6.92 Å². The van der Waals surface area contributed by atoms with Crippen LogP contribution in [0.5, 0.6) is 5.75 Å². The molecule has 0 radical (unpaired) electrons. The van der Waals surface area contributed by atoms with E-state index in [1.165, 1.54) is 11.6 Å². The summed E-state index contributed by atoms with van der Waals surface area (Å²) in [5, 5.41) is 0. The summed E-state index contributed by atoms with van der Waals surface area (Å²) in [6.07, 6.45) is 1.48. The van der Waals surface area contributed by atoms with Gasteiger partial charge in [0.05, 0.1) is 6.07 Å². The van der Waals surface area contributed by atoms with Gasteiger partial charge in [0.15, 0.2) is 0 Å². The van der Waals surface area contributed by atoms with Crippen molar-refractivity contribution >= 4 is 5.91 Å². The van der Waals surface area contributed by atoms with Crippen LogP contribution in [0.15, 0.2) is 45.6 Å². The maximum absolute atomic E-state index is 12.7. The number of nitrogens with zero attached hydrogens (tertiary/aromatic N) is 1. The lowest BCUT2D eigenvalue weighted by molar-refractivity contribution is 0.0594. The first-order chi connectivity index (χ1) is 12.7. The van der Waals surface area contributed by atoms with Crippen LogP contribution in [0.1, 0.15) is 55.3 Å². The van der Waals surface area contributed by atoms with E-state index in [0.29, 0.717) is 24.6 Å². The molecule has 1 aromatic heterocycles. The second-order valence-corrected chi connectivity index (χ2v) is 8.16. The molecule has 0 saturated carbocycles. The molecule has 1 fully saturated rings. The standard InChI is InChI=1S/C22H27NO4/c1-15-13-19(14-20(24)26-15)27-18-9-11-23(12-10-18)21(25)16-5-7-17(8-6-16)22(2,3)4/h5-8,13-14,18H,9-12H2,1-4H3. The van der Waals surface area contributed by atoms with E-state index < -0.39 is 5.63 Å². The number of carbonyl (C=O) groups is 1. The van der Waals surface area contributed by atoms with Crippen LogP contribution in [0.25, 0.3) is 0 Å². The Kier molecular flexibility index (Phi) is 5.40. The Morgan fingerprint density at radius 1 is 1.11 bits per heavy atom. The Balaban J connectivity index is 1.58. The molecular formula is C22H27NO4. The summed E-state index contributed by atoms with van der Waals surface area (Å²) in [5.74, 6) is 1.13. The highest BCUT2D eigenvalue weighted by Crippen LogP contribution is 2.24. The second kappa shape index (κ2) is 7.59. The van der Waals surface area contributed by atoms with Crippen LogP contribution in [-0.4, -0.2) is 30.0 Å². The highest BCUT2D eigenvalue weighted by Gasteiger charge is 2.25. The minimum atomic E-state index is -0.406. The Hall–Kier alpha value is -2.56.